The monoisotopic (exact) mass is 299 g/mol. The highest BCUT2D eigenvalue weighted by Gasteiger charge is 2.15. The van der Waals surface area contributed by atoms with Crippen LogP contribution in [0.5, 0.6) is 0 Å². The highest BCUT2D eigenvalue weighted by molar-refractivity contribution is 9.10. The summed E-state index contributed by atoms with van der Waals surface area (Å²) < 4.78 is 13.9. The summed E-state index contributed by atoms with van der Waals surface area (Å²) in [4.78, 5) is 11.3. The second-order valence-corrected chi connectivity index (χ2v) is 4.17. The molecule has 6 heteroatoms. The number of carbonyl (C=O) groups excluding carboxylic acids is 1. The Morgan fingerprint density at radius 2 is 2.24 bits per heavy atom. The molecule has 0 heterocycles. The lowest BCUT2D eigenvalue weighted by Crippen LogP contribution is -2.35. The van der Waals surface area contributed by atoms with Gasteiger partial charge in [-0.3, -0.25) is 4.79 Å². The molecular weight excluding hydrogens is 289 g/mol. The van der Waals surface area contributed by atoms with Crippen LogP contribution in [0.4, 0.5) is 10.1 Å². The maximum absolute atomic E-state index is 13.8. The first kappa shape index (κ1) is 13.5. The number of halogens is 2. The number of rotatable bonds is 3. The molecule has 0 radical (unpaired) electrons. The molecule has 1 unspecified atom stereocenters. The predicted molar refractivity (Wildman–Crippen MR) is 66.0 cm³/mol. The van der Waals surface area contributed by atoms with Crippen molar-refractivity contribution in [2.45, 2.75) is 13.0 Å². The smallest absolute Gasteiger partial charge is 0.241 e. The number of anilines is 1. The van der Waals surface area contributed by atoms with Gasteiger partial charge in [0.15, 0.2) is 5.82 Å². The van der Waals surface area contributed by atoms with E-state index in [0.717, 1.165) is 0 Å². The lowest BCUT2D eigenvalue weighted by molar-refractivity contribution is -0.121. The number of carbonyl (C=O) groups is 1. The van der Waals surface area contributed by atoms with Crippen LogP contribution in [0.1, 0.15) is 12.5 Å². The third-order valence-corrected chi connectivity index (χ3v) is 2.99. The average Bonchev–Trinajstić information content (AvgIpc) is 2.34. The van der Waals surface area contributed by atoms with Crippen LogP contribution in [0.3, 0.4) is 0 Å². The zero-order chi connectivity index (χ0) is 13.0. The molecule has 1 aromatic rings. The van der Waals surface area contributed by atoms with Crippen molar-refractivity contribution in [3.63, 3.8) is 0 Å². The summed E-state index contributed by atoms with van der Waals surface area (Å²) in [6, 6.07) is 4.20. The number of amides is 1. The van der Waals surface area contributed by atoms with Crippen LogP contribution in [0.2, 0.25) is 0 Å². The zero-order valence-electron chi connectivity index (χ0n) is 9.34. The van der Waals surface area contributed by atoms with Crippen molar-refractivity contribution in [2.75, 3.05) is 12.4 Å². The molecule has 90 valence electrons. The molecule has 0 fully saturated rings. The lowest BCUT2D eigenvalue weighted by Gasteiger charge is -2.15. The fraction of sp³-hybridized carbons (Fsp3) is 0.273. The van der Waals surface area contributed by atoms with Crippen LogP contribution in [0.15, 0.2) is 16.6 Å². The highest BCUT2D eigenvalue weighted by atomic mass is 79.9. The minimum absolute atomic E-state index is 0.0918. The molecule has 0 saturated carbocycles. The molecule has 0 bridgehead atoms. The maximum Gasteiger partial charge on any atom is 0.241 e. The van der Waals surface area contributed by atoms with Gasteiger partial charge in [0.05, 0.1) is 15.7 Å². The van der Waals surface area contributed by atoms with E-state index >= 15 is 0 Å². The largest absolute Gasteiger partial charge is 0.371 e. The van der Waals surface area contributed by atoms with Crippen molar-refractivity contribution >= 4 is 27.5 Å². The van der Waals surface area contributed by atoms with Gasteiger partial charge in [0.25, 0.3) is 0 Å². The Morgan fingerprint density at radius 1 is 1.59 bits per heavy atom. The summed E-state index contributed by atoms with van der Waals surface area (Å²) >= 11 is 3.00. The Labute approximate surface area is 107 Å². The van der Waals surface area contributed by atoms with Gasteiger partial charge in [-0.25, -0.2) is 4.39 Å². The summed E-state index contributed by atoms with van der Waals surface area (Å²) in [6.45, 7) is 1.62. The molecule has 4 nitrogen and oxygen atoms in total. The first-order valence-electron chi connectivity index (χ1n) is 4.87. The lowest BCUT2D eigenvalue weighted by atomic mass is 10.2. The van der Waals surface area contributed by atoms with Crippen molar-refractivity contribution in [3.8, 4) is 6.07 Å². The number of nitrogens with zero attached hydrogens (tertiary/aromatic N) is 1. The molecule has 0 aliphatic heterocycles. The average molecular weight is 300 g/mol. The third-order valence-electron chi connectivity index (χ3n) is 2.21. The summed E-state index contributed by atoms with van der Waals surface area (Å²) in [5.41, 5.74) is 0.382. The fourth-order valence-electron chi connectivity index (χ4n) is 1.26. The van der Waals surface area contributed by atoms with Gasteiger partial charge in [0.2, 0.25) is 5.91 Å². The number of nitrogens with one attached hydrogen (secondary N) is 2. The van der Waals surface area contributed by atoms with Crippen LogP contribution < -0.4 is 10.6 Å². The van der Waals surface area contributed by atoms with Crippen molar-refractivity contribution in [1.29, 1.82) is 5.26 Å². The standard InChI is InChI=1S/C11H11BrFN3O/c1-6(11(17)15-2)16-8-4-3-7(5-14)9(12)10(8)13/h3-4,6,16H,1-2H3,(H,15,17). The van der Waals surface area contributed by atoms with E-state index in [1.54, 1.807) is 6.92 Å². The molecule has 1 rings (SSSR count). The Bertz CT molecular complexity index is 484. The first-order valence-corrected chi connectivity index (χ1v) is 5.66. The molecule has 0 spiro atoms. The van der Waals surface area contributed by atoms with E-state index in [1.807, 2.05) is 6.07 Å². The molecule has 1 atom stereocenters. The minimum atomic E-state index is -0.584. The molecule has 0 saturated heterocycles. The Hall–Kier alpha value is -1.61. The molecule has 1 amide bonds. The summed E-state index contributed by atoms with van der Waals surface area (Å²) in [5, 5.41) is 13.9. The zero-order valence-corrected chi connectivity index (χ0v) is 10.9. The van der Waals surface area contributed by atoms with E-state index in [9.17, 15) is 9.18 Å². The van der Waals surface area contributed by atoms with E-state index in [4.69, 9.17) is 5.26 Å². The number of hydrogen-bond acceptors (Lipinski definition) is 3. The number of hydrogen-bond donors (Lipinski definition) is 2. The van der Waals surface area contributed by atoms with Crippen LogP contribution in [-0.4, -0.2) is 19.0 Å². The van der Waals surface area contributed by atoms with Gasteiger partial charge in [-0.05, 0) is 35.0 Å². The Kier molecular flexibility index (Phi) is 4.46. The second kappa shape index (κ2) is 5.64. The normalized spacial score (nSPS) is 11.5. The summed E-state index contributed by atoms with van der Waals surface area (Å²) in [5.74, 6) is -0.829. The maximum atomic E-state index is 13.8. The van der Waals surface area contributed by atoms with Gasteiger partial charge in [0.1, 0.15) is 12.1 Å². The van der Waals surface area contributed by atoms with Crippen LogP contribution in [-0.2, 0) is 4.79 Å². The van der Waals surface area contributed by atoms with Gasteiger partial charge in [-0.2, -0.15) is 5.26 Å². The van der Waals surface area contributed by atoms with Gasteiger partial charge in [-0.1, -0.05) is 0 Å². The predicted octanol–water partition coefficient (Wildman–Crippen LogP) is 2.01. The molecular formula is C11H11BrFN3O. The topological polar surface area (TPSA) is 64.9 Å². The van der Waals surface area contributed by atoms with Crippen molar-refractivity contribution in [1.82, 2.24) is 5.32 Å². The van der Waals surface area contributed by atoms with Crippen LogP contribution in [0, 0.1) is 17.1 Å². The third kappa shape index (κ3) is 2.94. The molecule has 1 aromatic carbocycles. The molecule has 17 heavy (non-hydrogen) atoms. The fourth-order valence-corrected chi connectivity index (χ4v) is 1.70. The van der Waals surface area contributed by atoms with Crippen LogP contribution in [0.25, 0.3) is 0 Å². The minimum Gasteiger partial charge on any atom is -0.371 e. The molecule has 2 N–H and O–H groups in total. The van der Waals surface area contributed by atoms with Gasteiger partial charge < -0.3 is 10.6 Å². The van der Waals surface area contributed by atoms with E-state index in [1.165, 1.54) is 19.2 Å². The van der Waals surface area contributed by atoms with E-state index in [-0.39, 0.29) is 21.6 Å². The first-order chi connectivity index (χ1) is 8.01. The summed E-state index contributed by atoms with van der Waals surface area (Å²) in [6.07, 6.45) is 0. The highest BCUT2D eigenvalue weighted by Crippen LogP contribution is 2.26. The number of nitriles is 1. The Morgan fingerprint density at radius 3 is 2.76 bits per heavy atom. The molecule has 0 aliphatic rings. The second-order valence-electron chi connectivity index (χ2n) is 3.38. The SMILES string of the molecule is CNC(=O)C(C)Nc1ccc(C#N)c(Br)c1F. The summed E-state index contributed by atoms with van der Waals surface area (Å²) in [7, 11) is 1.51. The number of likely N-dealkylation sites (N-methyl/N-ethyl adjacent to an activating group) is 1. The van der Waals surface area contributed by atoms with Gasteiger partial charge in [0, 0.05) is 7.05 Å². The molecule has 0 aromatic heterocycles. The van der Waals surface area contributed by atoms with Crippen molar-refractivity contribution in [3.05, 3.63) is 28.0 Å². The van der Waals surface area contributed by atoms with E-state index in [2.05, 4.69) is 26.6 Å². The van der Waals surface area contributed by atoms with Gasteiger partial charge >= 0.3 is 0 Å². The van der Waals surface area contributed by atoms with E-state index in [0.29, 0.717) is 0 Å². The van der Waals surface area contributed by atoms with Gasteiger partial charge in [-0.15, -0.1) is 0 Å². The molecule has 0 aliphatic carbocycles. The van der Waals surface area contributed by atoms with Crippen molar-refractivity contribution in [2.24, 2.45) is 0 Å². The van der Waals surface area contributed by atoms with E-state index < -0.39 is 11.9 Å². The quantitative estimate of drug-likeness (QED) is 0.897. The van der Waals surface area contributed by atoms with Crippen molar-refractivity contribution < 1.29 is 9.18 Å². The van der Waals surface area contributed by atoms with Crippen LogP contribution >= 0.6 is 15.9 Å². The Balaban J connectivity index is 2.98. The number of benzene rings is 1.